The first-order valence-corrected chi connectivity index (χ1v) is 16.6. The molecule has 0 saturated heterocycles. The van der Waals surface area contributed by atoms with Crippen molar-refractivity contribution in [1.29, 1.82) is 0 Å². The summed E-state index contributed by atoms with van der Waals surface area (Å²) >= 11 is 0. The number of hydrogen-bond donors (Lipinski definition) is 0. The van der Waals surface area contributed by atoms with Crippen molar-refractivity contribution < 1.29 is 4.42 Å². The second kappa shape index (κ2) is 12.6. The minimum absolute atomic E-state index is 0.586. The van der Waals surface area contributed by atoms with Crippen molar-refractivity contribution in [3.05, 3.63) is 182 Å². The molecule has 2 heterocycles. The summed E-state index contributed by atoms with van der Waals surface area (Å²) in [5.74, 6) is 1.83. The normalized spacial score (nSPS) is 11.2. The first-order chi connectivity index (χ1) is 24.8. The van der Waals surface area contributed by atoms with E-state index in [0.29, 0.717) is 17.5 Å². The quantitative estimate of drug-likeness (QED) is 0.173. The van der Waals surface area contributed by atoms with Crippen LogP contribution in [0, 0.1) is 0 Å². The zero-order chi connectivity index (χ0) is 33.3. The fourth-order valence-electron chi connectivity index (χ4n) is 6.59. The van der Waals surface area contributed by atoms with Gasteiger partial charge < -0.3 is 9.32 Å². The summed E-state index contributed by atoms with van der Waals surface area (Å²) in [6, 6.07) is 62.2. The Bertz CT molecular complexity index is 2530. The van der Waals surface area contributed by atoms with Crippen molar-refractivity contribution in [2.24, 2.45) is 0 Å². The van der Waals surface area contributed by atoms with Gasteiger partial charge in [-0.15, -0.1) is 0 Å². The standard InChI is InChI=1S/C45H30N4O/c1-5-16-31(17-6-1)36-24-13-14-25-38(36)49(35-22-11-4-12-23-35)39-26-15-27-40-42(39)37-29-28-34(30-41(37)50-40)45-47-43(32-18-7-2-8-19-32)46-44(48-45)33-20-9-3-10-21-33/h1-30H. The molecule has 0 N–H and O–H groups in total. The lowest BCUT2D eigenvalue weighted by atomic mass is 10.0. The minimum Gasteiger partial charge on any atom is -0.456 e. The molecule has 0 bridgehead atoms. The van der Waals surface area contributed by atoms with E-state index in [2.05, 4.69) is 108 Å². The first-order valence-electron chi connectivity index (χ1n) is 16.6. The van der Waals surface area contributed by atoms with E-state index in [4.69, 9.17) is 19.4 Å². The van der Waals surface area contributed by atoms with Crippen LogP contribution in [0.25, 0.3) is 67.2 Å². The number of benzene rings is 7. The maximum absolute atomic E-state index is 6.62. The number of nitrogens with zero attached hydrogens (tertiary/aromatic N) is 4. The van der Waals surface area contributed by atoms with E-state index in [1.54, 1.807) is 0 Å². The van der Waals surface area contributed by atoms with Gasteiger partial charge >= 0.3 is 0 Å². The highest BCUT2D eigenvalue weighted by atomic mass is 16.3. The average molecular weight is 643 g/mol. The van der Waals surface area contributed by atoms with Gasteiger partial charge in [0.25, 0.3) is 0 Å². The van der Waals surface area contributed by atoms with Crippen molar-refractivity contribution in [3.8, 4) is 45.3 Å². The molecule has 0 aliphatic heterocycles. The lowest BCUT2D eigenvalue weighted by Crippen LogP contribution is -2.11. The van der Waals surface area contributed by atoms with Gasteiger partial charge in [0.1, 0.15) is 11.2 Å². The van der Waals surface area contributed by atoms with Crippen molar-refractivity contribution in [3.63, 3.8) is 0 Å². The molecule has 0 aliphatic rings. The van der Waals surface area contributed by atoms with Crippen LogP contribution in [0.3, 0.4) is 0 Å². The van der Waals surface area contributed by atoms with Gasteiger partial charge in [0.05, 0.1) is 16.8 Å². The minimum atomic E-state index is 0.586. The van der Waals surface area contributed by atoms with Crippen LogP contribution in [-0.4, -0.2) is 15.0 Å². The zero-order valence-electron chi connectivity index (χ0n) is 27.0. The smallest absolute Gasteiger partial charge is 0.164 e. The van der Waals surface area contributed by atoms with Gasteiger partial charge in [0.15, 0.2) is 17.5 Å². The number of hydrogen-bond acceptors (Lipinski definition) is 5. The van der Waals surface area contributed by atoms with Crippen molar-refractivity contribution >= 4 is 39.0 Å². The molecule has 9 rings (SSSR count). The monoisotopic (exact) mass is 642 g/mol. The van der Waals surface area contributed by atoms with Gasteiger partial charge in [0.2, 0.25) is 0 Å². The molecule has 0 unspecified atom stereocenters. The Hall–Kier alpha value is -6.85. The van der Waals surface area contributed by atoms with Gasteiger partial charge in [-0.05, 0) is 48.0 Å². The molecule has 0 aliphatic carbocycles. The Morgan fingerprint density at radius 1 is 0.380 bits per heavy atom. The lowest BCUT2D eigenvalue weighted by Gasteiger charge is -2.28. The number of anilines is 3. The van der Waals surface area contributed by atoms with E-state index in [1.807, 2.05) is 78.9 Å². The Labute approximate surface area is 289 Å². The second-order valence-electron chi connectivity index (χ2n) is 12.1. The number of para-hydroxylation sites is 2. The van der Waals surface area contributed by atoms with Crippen LogP contribution in [-0.2, 0) is 0 Å². The Morgan fingerprint density at radius 2 is 0.900 bits per heavy atom. The van der Waals surface area contributed by atoms with Gasteiger partial charge in [-0.3, -0.25) is 0 Å². The average Bonchev–Trinajstić information content (AvgIpc) is 3.58. The summed E-state index contributed by atoms with van der Waals surface area (Å²) in [4.78, 5) is 17.1. The number of rotatable bonds is 7. The fourth-order valence-corrected chi connectivity index (χ4v) is 6.59. The maximum atomic E-state index is 6.62. The SMILES string of the molecule is c1ccc(-c2nc(-c3ccccc3)nc(-c3ccc4c(c3)oc3cccc(N(c5ccccc5)c5ccccc5-c5ccccc5)c34)n2)cc1. The van der Waals surface area contributed by atoms with Gasteiger partial charge in [-0.25, -0.2) is 15.0 Å². The van der Waals surface area contributed by atoms with Gasteiger partial charge in [-0.1, -0.05) is 140 Å². The van der Waals surface area contributed by atoms with Crippen molar-refractivity contribution in [2.75, 3.05) is 4.90 Å². The maximum Gasteiger partial charge on any atom is 0.164 e. The third-order valence-electron chi connectivity index (χ3n) is 8.92. The van der Waals surface area contributed by atoms with E-state index in [9.17, 15) is 0 Å². The Morgan fingerprint density at radius 3 is 1.54 bits per heavy atom. The predicted molar refractivity (Wildman–Crippen MR) is 204 cm³/mol. The number of aromatic nitrogens is 3. The predicted octanol–water partition coefficient (Wildman–Crippen LogP) is 11.9. The molecular formula is C45H30N4O. The van der Waals surface area contributed by atoms with Crippen LogP contribution in [0.5, 0.6) is 0 Å². The second-order valence-corrected chi connectivity index (χ2v) is 12.1. The highest BCUT2D eigenvalue weighted by molar-refractivity contribution is 6.14. The molecule has 2 aromatic heterocycles. The van der Waals surface area contributed by atoms with E-state index in [1.165, 1.54) is 0 Å². The highest BCUT2D eigenvalue weighted by Crippen LogP contribution is 2.46. The number of fused-ring (bicyclic) bond motifs is 3. The Kier molecular flexibility index (Phi) is 7.41. The van der Waals surface area contributed by atoms with Crippen LogP contribution in [0.1, 0.15) is 0 Å². The van der Waals surface area contributed by atoms with Crippen molar-refractivity contribution in [2.45, 2.75) is 0 Å². The molecule has 0 spiro atoms. The van der Waals surface area contributed by atoms with Gasteiger partial charge in [-0.2, -0.15) is 0 Å². The third kappa shape index (κ3) is 5.37. The van der Waals surface area contributed by atoms with E-state index in [-0.39, 0.29) is 0 Å². The topological polar surface area (TPSA) is 55.1 Å². The van der Waals surface area contributed by atoms with Crippen LogP contribution in [0.15, 0.2) is 186 Å². The molecule has 236 valence electrons. The van der Waals surface area contributed by atoms with Crippen LogP contribution in [0.2, 0.25) is 0 Å². The highest BCUT2D eigenvalue weighted by Gasteiger charge is 2.22. The lowest BCUT2D eigenvalue weighted by molar-refractivity contribution is 0.669. The summed E-state index contributed by atoms with van der Waals surface area (Å²) in [6.07, 6.45) is 0. The van der Waals surface area contributed by atoms with Crippen LogP contribution in [0.4, 0.5) is 17.1 Å². The molecule has 0 saturated carbocycles. The van der Waals surface area contributed by atoms with Crippen LogP contribution < -0.4 is 4.90 Å². The molecular weight excluding hydrogens is 613 g/mol. The van der Waals surface area contributed by atoms with E-state index in [0.717, 1.165) is 66.8 Å². The molecule has 0 atom stereocenters. The summed E-state index contributed by atoms with van der Waals surface area (Å²) in [5, 5.41) is 2.05. The first kappa shape index (κ1) is 29.3. The summed E-state index contributed by atoms with van der Waals surface area (Å²) in [5.41, 5.74) is 9.74. The van der Waals surface area contributed by atoms with E-state index >= 15 is 0 Å². The van der Waals surface area contributed by atoms with Crippen molar-refractivity contribution in [1.82, 2.24) is 15.0 Å². The fraction of sp³-hybridized carbons (Fsp3) is 0. The molecule has 0 fully saturated rings. The molecule has 7 aromatic carbocycles. The number of furan rings is 1. The summed E-state index contributed by atoms with van der Waals surface area (Å²) < 4.78 is 6.62. The third-order valence-corrected chi connectivity index (χ3v) is 8.92. The molecule has 0 radical (unpaired) electrons. The Balaban J connectivity index is 1.22. The largest absolute Gasteiger partial charge is 0.456 e. The van der Waals surface area contributed by atoms with Crippen LogP contribution >= 0.6 is 0 Å². The molecule has 50 heavy (non-hydrogen) atoms. The molecule has 9 aromatic rings. The summed E-state index contributed by atoms with van der Waals surface area (Å²) in [6.45, 7) is 0. The van der Waals surface area contributed by atoms with E-state index < -0.39 is 0 Å². The molecule has 5 heteroatoms. The molecule has 0 amide bonds. The molecule has 5 nitrogen and oxygen atoms in total. The van der Waals surface area contributed by atoms with Gasteiger partial charge in [0, 0.05) is 33.3 Å². The zero-order valence-corrected chi connectivity index (χ0v) is 27.0. The summed E-state index contributed by atoms with van der Waals surface area (Å²) in [7, 11) is 0.